The summed E-state index contributed by atoms with van der Waals surface area (Å²) in [5.74, 6) is -1.56. The third-order valence-corrected chi connectivity index (χ3v) is 6.97. The summed E-state index contributed by atoms with van der Waals surface area (Å²) in [5.41, 5.74) is 2.89. The van der Waals surface area contributed by atoms with Gasteiger partial charge in [-0.05, 0) is 54.8 Å². The quantitative estimate of drug-likeness (QED) is 0.500. The summed E-state index contributed by atoms with van der Waals surface area (Å²) in [6.45, 7) is 3.46. The summed E-state index contributed by atoms with van der Waals surface area (Å²) >= 11 is 0. The molecule has 0 unspecified atom stereocenters. The van der Waals surface area contributed by atoms with Crippen molar-refractivity contribution in [3.63, 3.8) is 0 Å². The minimum absolute atomic E-state index is 0.0772. The van der Waals surface area contributed by atoms with Gasteiger partial charge in [0, 0.05) is 6.54 Å². The van der Waals surface area contributed by atoms with Crippen LogP contribution in [0.15, 0.2) is 77.7 Å². The third-order valence-electron chi connectivity index (χ3n) is 5.20. The van der Waals surface area contributed by atoms with Gasteiger partial charge in [0.25, 0.3) is 10.0 Å². The molecule has 3 aromatic carbocycles. The Kier molecular flexibility index (Phi) is 7.50. The maximum atomic E-state index is 13.5. The Bertz CT molecular complexity index is 1250. The number of aryl methyl sites for hydroxylation is 2. The van der Waals surface area contributed by atoms with Crippen molar-refractivity contribution in [2.24, 2.45) is 0 Å². The van der Waals surface area contributed by atoms with Crippen molar-refractivity contribution in [2.75, 3.05) is 10.8 Å². The molecule has 0 bridgehead atoms. The first-order chi connectivity index (χ1) is 15.7. The lowest BCUT2D eigenvalue weighted by Gasteiger charge is -2.26. The Labute approximate surface area is 193 Å². The molecule has 2 N–H and O–H groups in total. The van der Waals surface area contributed by atoms with E-state index in [9.17, 15) is 18.0 Å². The maximum absolute atomic E-state index is 13.5. The van der Waals surface area contributed by atoms with Crippen molar-refractivity contribution >= 4 is 27.6 Å². The van der Waals surface area contributed by atoms with Crippen molar-refractivity contribution in [1.82, 2.24) is 5.32 Å². The van der Waals surface area contributed by atoms with Crippen LogP contribution in [0, 0.1) is 6.92 Å². The highest BCUT2D eigenvalue weighted by Gasteiger charge is 2.28. The molecule has 8 heteroatoms. The number of benzene rings is 3. The molecular weight excluding hydrogens is 440 g/mol. The van der Waals surface area contributed by atoms with E-state index in [4.69, 9.17) is 5.11 Å². The van der Waals surface area contributed by atoms with Crippen LogP contribution in [0.5, 0.6) is 0 Å². The summed E-state index contributed by atoms with van der Waals surface area (Å²) in [6, 6.07) is 19.8. The van der Waals surface area contributed by atoms with Crippen LogP contribution in [0.25, 0.3) is 0 Å². The summed E-state index contributed by atoms with van der Waals surface area (Å²) in [5, 5.41) is 11.8. The number of hydrogen-bond donors (Lipinski definition) is 2. The van der Waals surface area contributed by atoms with Gasteiger partial charge in [-0.15, -0.1) is 0 Å². The molecule has 0 saturated heterocycles. The SMILES string of the molecule is CCc1ccccc1N(CC(=O)NCc1cccc(C(=O)O)c1)S(=O)(=O)c1ccc(C)cc1. The largest absolute Gasteiger partial charge is 0.478 e. The highest BCUT2D eigenvalue weighted by atomic mass is 32.2. The number of sulfonamides is 1. The fourth-order valence-electron chi connectivity index (χ4n) is 3.39. The van der Waals surface area contributed by atoms with Gasteiger partial charge in [0.05, 0.1) is 16.1 Å². The zero-order valence-corrected chi connectivity index (χ0v) is 19.3. The van der Waals surface area contributed by atoms with E-state index in [0.29, 0.717) is 17.7 Å². The lowest BCUT2D eigenvalue weighted by atomic mass is 10.1. The summed E-state index contributed by atoms with van der Waals surface area (Å²) in [6.07, 6.45) is 0.597. The van der Waals surface area contributed by atoms with Gasteiger partial charge in [0.2, 0.25) is 5.91 Å². The predicted octanol–water partition coefficient (Wildman–Crippen LogP) is 3.77. The number of nitrogens with zero attached hydrogens (tertiary/aromatic N) is 1. The van der Waals surface area contributed by atoms with E-state index in [1.54, 1.807) is 36.4 Å². The second kappa shape index (κ2) is 10.3. The second-order valence-corrected chi connectivity index (χ2v) is 9.45. The van der Waals surface area contributed by atoms with E-state index >= 15 is 0 Å². The molecule has 3 rings (SSSR count). The van der Waals surface area contributed by atoms with Crippen LogP contribution in [0.1, 0.15) is 34.0 Å². The van der Waals surface area contributed by atoms with Crippen LogP contribution >= 0.6 is 0 Å². The van der Waals surface area contributed by atoms with Crippen molar-refractivity contribution in [3.05, 3.63) is 95.1 Å². The summed E-state index contributed by atoms with van der Waals surface area (Å²) in [7, 11) is -4.00. The average Bonchev–Trinajstić information content (AvgIpc) is 2.81. The van der Waals surface area contributed by atoms with Crippen molar-refractivity contribution in [3.8, 4) is 0 Å². The Hall–Kier alpha value is -3.65. The van der Waals surface area contributed by atoms with Crippen LogP contribution in [0.3, 0.4) is 0 Å². The number of amides is 1. The van der Waals surface area contributed by atoms with Gasteiger partial charge in [-0.25, -0.2) is 13.2 Å². The molecule has 0 saturated carbocycles. The minimum Gasteiger partial charge on any atom is -0.478 e. The molecule has 1 amide bonds. The molecule has 7 nitrogen and oxygen atoms in total. The zero-order chi connectivity index (χ0) is 24.0. The average molecular weight is 467 g/mol. The van der Waals surface area contributed by atoms with Gasteiger partial charge in [0.1, 0.15) is 6.54 Å². The molecule has 0 atom stereocenters. The van der Waals surface area contributed by atoms with Gasteiger partial charge >= 0.3 is 5.97 Å². The first kappa shape index (κ1) is 24.0. The first-order valence-electron chi connectivity index (χ1n) is 10.5. The van der Waals surface area contributed by atoms with Crippen LogP contribution in [-0.2, 0) is 27.8 Å². The number of rotatable bonds is 9. The molecular formula is C25H26N2O5S. The Morgan fingerprint density at radius 3 is 2.33 bits per heavy atom. The Morgan fingerprint density at radius 1 is 0.970 bits per heavy atom. The third kappa shape index (κ3) is 5.78. The topological polar surface area (TPSA) is 104 Å². The second-order valence-electron chi connectivity index (χ2n) is 7.59. The molecule has 0 aliphatic carbocycles. The number of aromatic carboxylic acids is 1. The summed E-state index contributed by atoms with van der Waals surface area (Å²) < 4.78 is 28.2. The molecule has 0 spiro atoms. The summed E-state index contributed by atoms with van der Waals surface area (Å²) in [4.78, 5) is 24.1. The van der Waals surface area contributed by atoms with Crippen molar-refractivity contribution in [1.29, 1.82) is 0 Å². The van der Waals surface area contributed by atoms with Gasteiger partial charge in [-0.2, -0.15) is 0 Å². The molecule has 0 radical (unpaired) electrons. The smallest absolute Gasteiger partial charge is 0.335 e. The minimum atomic E-state index is -4.00. The van der Waals surface area contributed by atoms with Crippen molar-refractivity contribution < 1.29 is 23.1 Å². The molecule has 0 heterocycles. The highest BCUT2D eigenvalue weighted by molar-refractivity contribution is 7.92. The molecule has 0 fully saturated rings. The van der Waals surface area contributed by atoms with Crippen molar-refractivity contribution in [2.45, 2.75) is 31.7 Å². The Balaban J connectivity index is 1.88. The fraction of sp³-hybridized carbons (Fsp3) is 0.200. The number of carboxylic acid groups (broad SMARTS) is 1. The van der Waals surface area contributed by atoms with E-state index in [2.05, 4.69) is 5.32 Å². The van der Waals surface area contributed by atoms with Gasteiger partial charge in [0.15, 0.2) is 0 Å². The number of carbonyl (C=O) groups is 2. The van der Waals surface area contributed by atoms with Gasteiger partial charge < -0.3 is 10.4 Å². The molecule has 33 heavy (non-hydrogen) atoms. The lowest BCUT2D eigenvalue weighted by molar-refractivity contribution is -0.119. The lowest BCUT2D eigenvalue weighted by Crippen LogP contribution is -2.41. The fourth-order valence-corrected chi connectivity index (χ4v) is 4.85. The molecule has 0 aliphatic rings. The normalized spacial score (nSPS) is 11.1. The number of carbonyl (C=O) groups excluding carboxylic acids is 1. The van der Waals surface area contributed by atoms with E-state index in [1.165, 1.54) is 24.3 Å². The standard InChI is InChI=1S/C25H26N2O5S/c1-3-20-8-4-5-10-23(20)27(33(31,32)22-13-11-18(2)12-14-22)17-24(28)26-16-19-7-6-9-21(15-19)25(29)30/h4-15H,3,16-17H2,1-2H3,(H,26,28)(H,29,30). The number of para-hydroxylation sites is 1. The van der Waals surface area contributed by atoms with Gasteiger partial charge in [-0.3, -0.25) is 9.10 Å². The number of nitrogens with one attached hydrogen (secondary N) is 1. The first-order valence-corrected chi connectivity index (χ1v) is 11.9. The van der Waals surface area contributed by atoms with Crippen LogP contribution in [0.4, 0.5) is 5.69 Å². The van der Waals surface area contributed by atoms with Crippen LogP contribution in [-0.4, -0.2) is 31.9 Å². The monoisotopic (exact) mass is 466 g/mol. The number of hydrogen-bond acceptors (Lipinski definition) is 4. The predicted molar refractivity (Wildman–Crippen MR) is 127 cm³/mol. The van der Waals surface area contributed by atoms with E-state index in [-0.39, 0.29) is 17.0 Å². The van der Waals surface area contributed by atoms with Crippen LogP contribution in [0.2, 0.25) is 0 Å². The Morgan fingerprint density at radius 2 is 1.67 bits per heavy atom. The van der Waals surface area contributed by atoms with E-state index in [0.717, 1.165) is 15.4 Å². The molecule has 172 valence electrons. The maximum Gasteiger partial charge on any atom is 0.335 e. The molecule has 0 aromatic heterocycles. The number of carboxylic acids is 1. The van der Waals surface area contributed by atoms with E-state index in [1.807, 2.05) is 26.0 Å². The van der Waals surface area contributed by atoms with Crippen LogP contribution < -0.4 is 9.62 Å². The highest BCUT2D eigenvalue weighted by Crippen LogP contribution is 2.27. The number of anilines is 1. The van der Waals surface area contributed by atoms with Gasteiger partial charge in [-0.1, -0.05) is 55.0 Å². The van der Waals surface area contributed by atoms with E-state index < -0.39 is 28.4 Å². The zero-order valence-electron chi connectivity index (χ0n) is 18.5. The molecule has 0 aliphatic heterocycles. The molecule has 3 aromatic rings.